The number of nitriles is 4. The number of hydrogen-bond donors (Lipinski definition) is 0. The van der Waals surface area contributed by atoms with Crippen molar-refractivity contribution in [3.05, 3.63) is 80.9 Å². The minimum atomic E-state index is -4.59. The molecule has 42 heavy (non-hydrogen) atoms. The fourth-order valence-corrected chi connectivity index (χ4v) is 6.89. The van der Waals surface area contributed by atoms with Gasteiger partial charge in [-0.1, -0.05) is 24.3 Å². The second-order valence-corrected chi connectivity index (χ2v) is 10.9. The maximum Gasteiger partial charge on any atom is 0.416 e. The molecule has 4 nitrogen and oxygen atoms in total. The standard InChI is InChI=1S/C30H10F6N4S2/c31-29(32,33)19-5-1-15(2-6-19)25-21-9-23(17(11-37)12-38)42-28(21)26(16-3-7-20(8-4-16)30(34,35)36)22-10-24(41-27(22)25)18(13-39)14-40/h1-10H. The molecule has 0 aliphatic heterocycles. The van der Waals surface area contributed by atoms with Crippen LogP contribution < -0.4 is 9.06 Å². The molecule has 0 unspecified atom stereocenters. The van der Waals surface area contributed by atoms with Crippen molar-refractivity contribution in [3.8, 4) is 46.5 Å². The highest BCUT2D eigenvalue weighted by atomic mass is 32.1. The highest BCUT2D eigenvalue weighted by molar-refractivity contribution is 7.20. The Labute approximate surface area is 240 Å². The summed E-state index contributed by atoms with van der Waals surface area (Å²) in [5, 5.41) is 38.9. The van der Waals surface area contributed by atoms with Gasteiger partial charge in [0, 0.05) is 31.3 Å². The predicted octanol–water partition coefficient (Wildman–Crippen LogP) is 7.88. The van der Waals surface area contributed by atoms with Gasteiger partial charge in [-0.3, -0.25) is 0 Å². The molecule has 3 aromatic carbocycles. The smallest absolute Gasteiger partial charge is 0.192 e. The van der Waals surface area contributed by atoms with E-state index in [4.69, 9.17) is 0 Å². The van der Waals surface area contributed by atoms with E-state index in [0.717, 1.165) is 46.9 Å². The van der Waals surface area contributed by atoms with Crippen LogP contribution in [0.4, 0.5) is 26.3 Å². The second-order valence-electron chi connectivity index (χ2n) is 8.80. The van der Waals surface area contributed by atoms with E-state index in [0.29, 0.717) is 42.4 Å². The van der Waals surface area contributed by atoms with Gasteiger partial charge >= 0.3 is 12.4 Å². The van der Waals surface area contributed by atoms with Gasteiger partial charge in [-0.25, -0.2) is 0 Å². The molecule has 0 amide bonds. The molecule has 0 saturated heterocycles. The summed E-state index contributed by atoms with van der Waals surface area (Å²) in [7, 11) is 0. The van der Waals surface area contributed by atoms with E-state index in [-0.39, 0.29) is 20.2 Å². The Kier molecular flexibility index (Phi) is 7.00. The molecule has 0 atom stereocenters. The number of fused-ring (bicyclic) bond motifs is 2. The summed E-state index contributed by atoms with van der Waals surface area (Å²) in [5.74, 6) is 0. The molecule has 0 aliphatic rings. The lowest BCUT2D eigenvalue weighted by molar-refractivity contribution is -0.138. The van der Waals surface area contributed by atoms with E-state index >= 15 is 0 Å². The number of hydrogen-bond acceptors (Lipinski definition) is 6. The highest BCUT2D eigenvalue weighted by Gasteiger charge is 2.31. The molecular formula is C30H10F6N4S2. The molecule has 5 aromatic rings. The minimum Gasteiger partial charge on any atom is -0.192 e. The van der Waals surface area contributed by atoms with Crippen molar-refractivity contribution in [2.24, 2.45) is 0 Å². The number of thiophene rings is 2. The van der Waals surface area contributed by atoms with Gasteiger partial charge in [0.25, 0.3) is 0 Å². The van der Waals surface area contributed by atoms with E-state index in [1.807, 2.05) is 24.3 Å². The molecule has 0 radical (unpaired) electrons. The fraction of sp³-hybridized carbons (Fsp3) is 0.0667. The number of alkyl halides is 6. The lowest BCUT2D eigenvalue weighted by Crippen LogP contribution is -2.04. The summed E-state index contributed by atoms with van der Waals surface area (Å²) in [5.41, 5.74) is -0.661. The zero-order valence-electron chi connectivity index (χ0n) is 20.6. The van der Waals surface area contributed by atoms with Crippen molar-refractivity contribution in [2.75, 3.05) is 0 Å². The zero-order valence-corrected chi connectivity index (χ0v) is 22.3. The first kappa shape index (κ1) is 28.4. The summed E-state index contributed by atoms with van der Waals surface area (Å²) in [6, 6.07) is 19.0. The molecule has 0 N–H and O–H groups in total. The van der Waals surface area contributed by atoms with Crippen LogP contribution in [-0.4, -0.2) is 0 Å². The van der Waals surface area contributed by atoms with Crippen molar-refractivity contribution in [3.63, 3.8) is 0 Å². The molecule has 5 rings (SSSR count). The highest BCUT2D eigenvalue weighted by Crippen LogP contribution is 2.47. The maximum atomic E-state index is 13.3. The Hall–Kier alpha value is -5.14. The Bertz CT molecular complexity index is 1940. The summed E-state index contributed by atoms with van der Waals surface area (Å²) >= 11 is 2.06. The van der Waals surface area contributed by atoms with Crippen LogP contribution in [0.3, 0.4) is 0 Å². The number of benzene rings is 3. The van der Waals surface area contributed by atoms with Crippen LogP contribution in [0.15, 0.2) is 60.7 Å². The van der Waals surface area contributed by atoms with E-state index < -0.39 is 23.5 Å². The number of halogens is 6. The third kappa shape index (κ3) is 4.84. The molecule has 0 spiro atoms. The Balaban J connectivity index is 2.00. The summed E-state index contributed by atoms with van der Waals surface area (Å²) in [6.07, 6.45) is -9.18. The molecular weight excluding hydrogens is 594 g/mol. The van der Waals surface area contributed by atoms with Crippen molar-refractivity contribution < 1.29 is 26.3 Å². The minimum absolute atomic E-state index is 0.221. The first-order valence-corrected chi connectivity index (χ1v) is 13.3. The van der Waals surface area contributed by atoms with Gasteiger partial charge in [0.15, 0.2) is 0 Å². The average molecular weight is 605 g/mol. The zero-order chi connectivity index (χ0) is 30.4. The van der Waals surface area contributed by atoms with Crippen molar-refractivity contribution >= 4 is 54.0 Å². The van der Waals surface area contributed by atoms with E-state index in [1.54, 1.807) is 12.1 Å². The normalized spacial score (nSPS) is 11.5. The van der Waals surface area contributed by atoms with Crippen LogP contribution in [0.25, 0.3) is 53.6 Å². The SMILES string of the molecule is N#CC(C#N)=c1cc2c(-c3ccc(C(F)(F)F)cc3)c3sc(=C(C#N)C#N)cc3c(-c3ccc(C(F)(F)F)cc3)c2s1. The average Bonchev–Trinajstić information content (AvgIpc) is 3.57. The van der Waals surface area contributed by atoms with Gasteiger partial charge in [0.2, 0.25) is 0 Å². The topological polar surface area (TPSA) is 95.2 Å². The Morgan fingerprint density at radius 1 is 0.524 bits per heavy atom. The Morgan fingerprint density at radius 3 is 1.10 bits per heavy atom. The molecule has 12 heteroatoms. The van der Waals surface area contributed by atoms with Crippen molar-refractivity contribution in [2.45, 2.75) is 12.4 Å². The van der Waals surface area contributed by atoms with Crippen LogP contribution in [-0.2, 0) is 12.4 Å². The van der Waals surface area contributed by atoms with Gasteiger partial charge < -0.3 is 0 Å². The third-order valence-electron chi connectivity index (χ3n) is 6.40. The van der Waals surface area contributed by atoms with Crippen LogP contribution >= 0.6 is 22.7 Å². The second kappa shape index (κ2) is 10.4. The molecule has 204 valence electrons. The van der Waals surface area contributed by atoms with Crippen molar-refractivity contribution in [1.82, 2.24) is 0 Å². The van der Waals surface area contributed by atoms with Crippen LogP contribution in [0.2, 0.25) is 0 Å². The predicted molar refractivity (Wildman–Crippen MR) is 147 cm³/mol. The first-order valence-electron chi connectivity index (χ1n) is 11.6. The van der Waals surface area contributed by atoms with Gasteiger partial charge in [0.05, 0.1) is 20.2 Å². The summed E-state index contributed by atoms with van der Waals surface area (Å²) in [6.45, 7) is 0. The third-order valence-corrected chi connectivity index (χ3v) is 8.74. The Morgan fingerprint density at radius 2 is 0.833 bits per heavy atom. The van der Waals surface area contributed by atoms with Crippen LogP contribution in [0.5, 0.6) is 0 Å². The molecule has 0 fully saturated rings. The van der Waals surface area contributed by atoms with E-state index in [2.05, 4.69) is 0 Å². The van der Waals surface area contributed by atoms with Gasteiger partial charge in [-0.15, -0.1) is 22.7 Å². The van der Waals surface area contributed by atoms with Crippen molar-refractivity contribution in [1.29, 1.82) is 21.0 Å². The molecule has 0 bridgehead atoms. The quantitative estimate of drug-likeness (QED) is 0.192. The molecule has 2 heterocycles. The lowest BCUT2D eigenvalue weighted by Gasteiger charge is -2.14. The fourth-order valence-electron chi connectivity index (χ4n) is 4.51. The number of nitrogens with zero attached hydrogens (tertiary/aromatic N) is 4. The molecule has 0 saturated carbocycles. The van der Waals surface area contributed by atoms with Crippen LogP contribution in [0.1, 0.15) is 11.1 Å². The molecule has 2 aromatic heterocycles. The maximum absolute atomic E-state index is 13.3. The number of rotatable bonds is 2. The van der Waals surface area contributed by atoms with Gasteiger partial charge in [-0.05, 0) is 47.5 Å². The largest absolute Gasteiger partial charge is 0.416 e. The van der Waals surface area contributed by atoms with Gasteiger partial charge in [-0.2, -0.15) is 47.4 Å². The van der Waals surface area contributed by atoms with Gasteiger partial charge in [0.1, 0.15) is 35.4 Å². The van der Waals surface area contributed by atoms with E-state index in [9.17, 15) is 47.4 Å². The van der Waals surface area contributed by atoms with Crippen LogP contribution in [0, 0.1) is 45.3 Å². The van der Waals surface area contributed by atoms with E-state index in [1.165, 1.54) is 24.3 Å². The summed E-state index contributed by atoms with van der Waals surface area (Å²) in [4.78, 5) is 0. The first-order chi connectivity index (χ1) is 19.9. The summed E-state index contributed by atoms with van der Waals surface area (Å²) < 4.78 is 81.3. The lowest BCUT2D eigenvalue weighted by atomic mass is 9.92. The monoisotopic (exact) mass is 604 g/mol. The molecule has 0 aliphatic carbocycles.